The van der Waals surface area contributed by atoms with Crippen LogP contribution in [0.25, 0.3) is 0 Å². The molecule has 1 fully saturated rings. The molecule has 1 saturated heterocycles. The highest BCUT2D eigenvalue weighted by atomic mass is 127. The molecule has 0 spiro atoms. The van der Waals surface area contributed by atoms with Crippen molar-refractivity contribution in [3.8, 4) is 5.75 Å². The molecule has 0 radical (unpaired) electrons. The maximum atomic E-state index is 5.98. The van der Waals surface area contributed by atoms with E-state index in [0.29, 0.717) is 5.92 Å². The van der Waals surface area contributed by atoms with Gasteiger partial charge in [-0.05, 0) is 43.5 Å². The molecule has 146 valence electrons. The quantitative estimate of drug-likeness (QED) is 0.380. The molecule has 5 nitrogen and oxygen atoms in total. The van der Waals surface area contributed by atoms with Gasteiger partial charge in [-0.2, -0.15) is 0 Å². The molecule has 0 amide bonds. The first-order valence-electron chi connectivity index (χ1n) is 9.66. The number of para-hydroxylation sites is 1. The van der Waals surface area contributed by atoms with Crippen molar-refractivity contribution >= 4 is 29.9 Å². The molecule has 2 aliphatic rings. The Morgan fingerprint density at radius 2 is 2.00 bits per heavy atom. The maximum Gasteiger partial charge on any atom is 0.191 e. The Labute approximate surface area is 175 Å². The number of fused-ring (bicyclic) bond motifs is 1. The first-order chi connectivity index (χ1) is 12.2. The zero-order chi connectivity index (χ0) is 17.5. The second-order valence-corrected chi connectivity index (χ2v) is 7.35. The van der Waals surface area contributed by atoms with E-state index in [-0.39, 0.29) is 30.1 Å². The van der Waals surface area contributed by atoms with Crippen LogP contribution >= 0.6 is 24.0 Å². The first-order valence-corrected chi connectivity index (χ1v) is 9.66. The van der Waals surface area contributed by atoms with Crippen molar-refractivity contribution < 1.29 is 4.74 Å². The molecule has 1 aromatic rings. The van der Waals surface area contributed by atoms with Crippen molar-refractivity contribution in [1.82, 2.24) is 15.5 Å². The van der Waals surface area contributed by atoms with Crippen LogP contribution in [0.2, 0.25) is 0 Å². The third-order valence-electron chi connectivity index (χ3n) is 5.07. The lowest BCUT2D eigenvalue weighted by Crippen LogP contribution is -2.45. The molecule has 2 aliphatic heterocycles. The number of benzene rings is 1. The summed E-state index contributed by atoms with van der Waals surface area (Å²) in [5, 5.41) is 6.87. The average molecular weight is 472 g/mol. The number of nitrogens with one attached hydrogen (secondary N) is 2. The molecule has 6 heteroatoms. The van der Waals surface area contributed by atoms with Crippen LogP contribution < -0.4 is 15.4 Å². The van der Waals surface area contributed by atoms with E-state index in [4.69, 9.17) is 4.74 Å². The van der Waals surface area contributed by atoms with Crippen LogP contribution in [0.1, 0.15) is 31.7 Å². The minimum atomic E-state index is 0. The molecular weight excluding hydrogens is 439 g/mol. The highest BCUT2D eigenvalue weighted by Gasteiger charge is 2.22. The number of ether oxygens (including phenoxy) is 1. The number of rotatable bonds is 6. The third-order valence-corrected chi connectivity index (χ3v) is 5.07. The topological polar surface area (TPSA) is 48.9 Å². The number of piperidine rings is 1. The van der Waals surface area contributed by atoms with E-state index >= 15 is 0 Å². The van der Waals surface area contributed by atoms with Crippen LogP contribution in [-0.4, -0.2) is 56.7 Å². The number of hydrogen-bond donors (Lipinski definition) is 2. The van der Waals surface area contributed by atoms with Crippen molar-refractivity contribution in [2.75, 3.05) is 39.8 Å². The molecular formula is C20H33IN4O. The Kier molecular flexibility index (Phi) is 8.98. The largest absolute Gasteiger partial charge is 0.488 e. The fraction of sp³-hybridized carbons (Fsp3) is 0.650. The average Bonchev–Trinajstić information content (AvgIpc) is 3.05. The van der Waals surface area contributed by atoms with Crippen LogP contribution in [0.4, 0.5) is 0 Å². The summed E-state index contributed by atoms with van der Waals surface area (Å²) in [4.78, 5) is 6.94. The molecule has 0 aromatic heterocycles. The van der Waals surface area contributed by atoms with Crippen molar-refractivity contribution in [2.45, 2.75) is 38.7 Å². The van der Waals surface area contributed by atoms with Crippen molar-refractivity contribution in [1.29, 1.82) is 0 Å². The van der Waals surface area contributed by atoms with Gasteiger partial charge in [0.2, 0.25) is 0 Å². The van der Waals surface area contributed by atoms with Gasteiger partial charge in [0.05, 0.1) is 6.54 Å². The van der Waals surface area contributed by atoms with Gasteiger partial charge in [-0.3, -0.25) is 4.99 Å². The van der Waals surface area contributed by atoms with Crippen molar-refractivity contribution in [3.63, 3.8) is 0 Å². The van der Waals surface area contributed by atoms with E-state index in [1.165, 1.54) is 44.5 Å². The smallest absolute Gasteiger partial charge is 0.191 e. The molecule has 0 bridgehead atoms. The number of halogens is 1. The van der Waals surface area contributed by atoms with Crippen molar-refractivity contribution in [3.05, 3.63) is 29.8 Å². The van der Waals surface area contributed by atoms with Gasteiger partial charge in [-0.25, -0.2) is 0 Å². The Balaban J connectivity index is 0.00000243. The lowest BCUT2D eigenvalue weighted by Gasteiger charge is -2.29. The molecule has 2 N–H and O–H groups in total. The molecule has 0 saturated carbocycles. The number of likely N-dealkylation sites (tertiary alicyclic amines) is 1. The Bertz CT molecular complexity index is 550. The molecule has 2 heterocycles. The molecule has 2 atom stereocenters. The zero-order valence-corrected chi connectivity index (χ0v) is 18.4. The monoisotopic (exact) mass is 472 g/mol. The van der Waals surface area contributed by atoms with E-state index in [0.717, 1.165) is 31.2 Å². The highest BCUT2D eigenvalue weighted by Crippen LogP contribution is 2.27. The summed E-state index contributed by atoms with van der Waals surface area (Å²) in [6.07, 6.45) is 5.25. The predicted octanol–water partition coefficient (Wildman–Crippen LogP) is 2.90. The van der Waals surface area contributed by atoms with Crippen LogP contribution in [-0.2, 0) is 6.42 Å². The number of hydrogen-bond acceptors (Lipinski definition) is 3. The molecule has 2 unspecified atom stereocenters. The van der Waals surface area contributed by atoms with E-state index in [1.807, 2.05) is 19.2 Å². The van der Waals surface area contributed by atoms with Gasteiger partial charge in [-0.1, -0.05) is 31.5 Å². The Hall–Kier alpha value is -1.02. The standard InChI is InChI=1S/C20H32N4O.HI/c1-16(15-24-10-6-3-7-11-24)13-22-20(21-2)23-14-18-12-17-8-4-5-9-19(17)25-18;/h4-5,8-9,16,18H,3,6-7,10-15H2,1-2H3,(H2,21,22,23);1H. The summed E-state index contributed by atoms with van der Waals surface area (Å²) in [7, 11) is 1.83. The Morgan fingerprint density at radius 3 is 2.73 bits per heavy atom. The van der Waals surface area contributed by atoms with Gasteiger partial charge in [0.25, 0.3) is 0 Å². The van der Waals surface area contributed by atoms with E-state index in [1.54, 1.807) is 0 Å². The fourth-order valence-electron chi connectivity index (χ4n) is 3.72. The van der Waals surface area contributed by atoms with Gasteiger partial charge in [0, 0.05) is 26.6 Å². The third kappa shape index (κ3) is 6.30. The highest BCUT2D eigenvalue weighted by molar-refractivity contribution is 14.0. The summed E-state index contributed by atoms with van der Waals surface area (Å²) in [5.74, 6) is 2.50. The number of nitrogens with zero attached hydrogens (tertiary/aromatic N) is 2. The van der Waals surface area contributed by atoms with Gasteiger partial charge < -0.3 is 20.3 Å². The summed E-state index contributed by atoms with van der Waals surface area (Å²) < 4.78 is 5.98. The predicted molar refractivity (Wildman–Crippen MR) is 119 cm³/mol. The molecule has 3 rings (SSSR count). The lowest BCUT2D eigenvalue weighted by atomic mass is 10.1. The van der Waals surface area contributed by atoms with E-state index in [2.05, 4.69) is 39.6 Å². The fourth-order valence-corrected chi connectivity index (χ4v) is 3.72. The van der Waals surface area contributed by atoms with E-state index in [9.17, 15) is 0 Å². The normalized spacial score (nSPS) is 21.3. The van der Waals surface area contributed by atoms with Gasteiger partial charge >= 0.3 is 0 Å². The van der Waals surface area contributed by atoms with Crippen LogP contribution in [0.3, 0.4) is 0 Å². The maximum absolute atomic E-state index is 5.98. The summed E-state index contributed by atoms with van der Waals surface area (Å²) in [6, 6.07) is 8.29. The SMILES string of the molecule is CN=C(NCC(C)CN1CCCCC1)NCC1Cc2ccccc2O1.I. The zero-order valence-electron chi connectivity index (χ0n) is 16.0. The van der Waals surface area contributed by atoms with Gasteiger partial charge in [0.1, 0.15) is 11.9 Å². The van der Waals surface area contributed by atoms with Crippen molar-refractivity contribution in [2.24, 2.45) is 10.9 Å². The second-order valence-electron chi connectivity index (χ2n) is 7.35. The summed E-state index contributed by atoms with van der Waals surface area (Å²) >= 11 is 0. The van der Waals surface area contributed by atoms with Crippen LogP contribution in [0.15, 0.2) is 29.3 Å². The van der Waals surface area contributed by atoms with Gasteiger partial charge in [-0.15, -0.1) is 24.0 Å². The molecule has 26 heavy (non-hydrogen) atoms. The summed E-state index contributed by atoms with van der Waals surface area (Å²) in [5.41, 5.74) is 1.30. The van der Waals surface area contributed by atoms with Crippen LogP contribution in [0.5, 0.6) is 5.75 Å². The number of guanidine groups is 1. The van der Waals surface area contributed by atoms with Crippen LogP contribution in [0, 0.1) is 5.92 Å². The van der Waals surface area contributed by atoms with E-state index < -0.39 is 0 Å². The first kappa shape index (κ1) is 21.3. The second kappa shape index (κ2) is 11.0. The number of aliphatic imine (C=N–C) groups is 1. The minimum absolute atomic E-state index is 0. The Morgan fingerprint density at radius 1 is 1.23 bits per heavy atom. The molecule has 1 aromatic carbocycles. The van der Waals surface area contributed by atoms with Gasteiger partial charge in [0.15, 0.2) is 5.96 Å². The summed E-state index contributed by atoms with van der Waals surface area (Å²) in [6.45, 7) is 7.72. The molecule has 0 aliphatic carbocycles. The minimum Gasteiger partial charge on any atom is -0.488 e. The lowest BCUT2D eigenvalue weighted by molar-refractivity contribution is 0.201.